The van der Waals surface area contributed by atoms with E-state index in [1.54, 1.807) is 31.2 Å². The van der Waals surface area contributed by atoms with Crippen LogP contribution in [0.4, 0.5) is 5.69 Å². The van der Waals surface area contributed by atoms with Crippen molar-refractivity contribution in [1.82, 2.24) is 4.90 Å². The molecule has 0 radical (unpaired) electrons. The van der Waals surface area contributed by atoms with Gasteiger partial charge in [0.1, 0.15) is 0 Å². The van der Waals surface area contributed by atoms with Gasteiger partial charge >= 0.3 is 5.97 Å². The number of para-hydroxylation sites is 1. The highest BCUT2D eigenvalue weighted by atomic mass is 16.5. The Bertz CT molecular complexity index is 787. The number of hydrogen-bond donors (Lipinski definition) is 1. The smallest absolute Gasteiger partial charge is 0.340 e. The van der Waals surface area contributed by atoms with E-state index in [1.807, 2.05) is 11.9 Å². The van der Waals surface area contributed by atoms with Crippen LogP contribution in [0, 0.1) is 13.8 Å². The van der Waals surface area contributed by atoms with Gasteiger partial charge in [-0.3, -0.25) is 9.69 Å². The fraction of sp³-hybridized carbons (Fsp3) is 0.333. The average Bonchev–Trinajstić information content (AvgIpc) is 2.58. The number of esters is 1. The van der Waals surface area contributed by atoms with Crippen molar-refractivity contribution in [2.75, 3.05) is 25.5 Å². The largest absolute Gasteiger partial charge is 0.462 e. The monoisotopic (exact) mass is 354 g/mol. The molecule has 2 aromatic rings. The molecule has 0 spiro atoms. The Balaban J connectivity index is 1.99. The first kappa shape index (κ1) is 19.7. The van der Waals surface area contributed by atoms with Crippen molar-refractivity contribution in [2.45, 2.75) is 27.3 Å². The van der Waals surface area contributed by atoms with E-state index in [0.29, 0.717) is 24.4 Å². The molecule has 0 aliphatic carbocycles. The second-order valence-corrected chi connectivity index (χ2v) is 6.42. The third kappa shape index (κ3) is 5.43. The Morgan fingerprint density at radius 2 is 1.85 bits per heavy atom. The number of ether oxygens (including phenoxy) is 1. The van der Waals surface area contributed by atoms with Crippen molar-refractivity contribution in [3.8, 4) is 0 Å². The number of benzene rings is 2. The minimum atomic E-state index is -0.438. The number of carbonyl (C=O) groups is 2. The first-order valence-electron chi connectivity index (χ1n) is 8.71. The number of aryl methyl sites for hydroxylation is 2. The van der Waals surface area contributed by atoms with E-state index in [-0.39, 0.29) is 12.5 Å². The van der Waals surface area contributed by atoms with E-state index in [9.17, 15) is 9.59 Å². The van der Waals surface area contributed by atoms with Gasteiger partial charge in [-0.05, 0) is 51.1 Å². The Hall–Kier alpha value is -2.66. The lowest BCUT2D eigenvalue weighted by atomic mass is 10.1. The summed E-state index contributed by atoms with van der Waals surface area (Å²) in [5.41, 5.74) is 4.46. The number of carbonyl (C=O) groups excluding carboxylic acids is 2. The fourth-order valence-electron chi connectivity index (χ4n) is 2.78. The van der Waals surface area contributed by atoms with Crippen LogP contribution in [0.2, 0.25) is 0 Å². The minimum Gasteiger partial charge on any atom is -0.462 e. The van der Waals surface area contributed by atoms with Gasteiger partial charge in [-0.1, -0.05) is 35.9 Å². The van der Waals surface area contributed by atoms with Crippen LogP contribution in [0.1, 0.15) is 34.0 Å². The zero-order valence-corrected chi connectivity index (χ0v) is 15.8. The molecule has 0 fully saturated rings. The Kier molecular flexibility index (Phi) is 6.92. The summed E-state index contributed by atoms with van der Waals surface area (Å²) in [7, 11) is 1.90. The zero-order chi connectivity index (χ0) is 19.1. The number of nitrogens with zero attached hydrogens (tertiary/aromatic N) is 1. The number of nitrogens with one attached hydrogen (secondary N) is 1. The highest BCUT2D eigenvalue weighted by Gasteiger charge is 2.15. The molecule has 1 amide bonds. The number of rotatable bonds is 7. The summed E-state index contributed by atoms with van der Waals surface area (Å²) in [5, 5.41) is 2.81. The van der Waals surface area contributed by atoms with Crippen molar-refractivity contribution >= 4 is 17.6 Å². The molecule has 0 aliphatic heterocycles. The lowest BCUT2D eigenvalue weighted by Gasteiger charge is -2.18. The van der Waals surface area contributed by atoms with Gasteiger partial charge < -0.3 is 10.1 Å². The second-order valence-electron chi connectivity index (χ2n) is 6.42. The molecule has 0 bridgehead atoms. The van der Waals surface area contributed by atoms with Gasteiger partial charge in [0.2, 0.25) is 5.91 Å². The van der Waals surface area contributed by atoms with E-state index in [0.717, 1.165) is 0 Å². The highest BCUT2D eigenvalue weighted by molar-refractivity contribution is 6.01. The first-order chi connectivity index (χ1) is 12.4. The van der Waals surface area contributed by atoms with Crippen LogP contribution in [0.25, 0.3) is 0 Å². The van der Waals surface area contributed by atoms with E-state index in [1.165, 1.54) is 16.7 Å². The Morgan fingerprint density at radius 1 is 1.12 bits per heavy atom. The maximum Gasteiger partial charge on any atom is 0.340 e. The van der Waals surface area contributed by atoms with E-state index in [2.05, 4.69) is 37.4 Å². The van der Waals surface area contributed by atoms with Gasteiger partial charge in [0.25, 0.3) is 0 Å². The summed E-state index contributed by atoms with van der Waals surface area (Å²) in [5.74, 6) is -0.610. The molecule has 138 valence electrons. The summed E-state index contributed by atoms with van der Waals surface area (Å²) in [4.78, 5) is 26.3. The van der Waals surface area contributed by atoms with Crippen molar-refractivity contribution in [3.05, 3.63) is 64.7 Å². The zero-order valence-electron chi connectivity index (χ0n) is 15.8. The predicted molar refractivity (Wildman–Crippen MR) is 103 cm³/mol. The topological polar surface area (TPSA) is 58.6 Å². The van der Waals surface area contributed by atoms with Gasteiger partial charge in [-0.2, -0.15) is 0 Å². The summed E-state index contributed by atoms with van der Waals surface area (Å²) in [6.45, 7) is 7.09. The fourth-order valence-corrected chi connectivity index (χ4v) is 2.78. The summed E-state index contributed by atoms with van der Waals surface area (Å²) >= 11 is 0. The standard InChI is InChI=1S/C21H26N2O3/c1-5-26-21(25)18-8-6-7-9-19(18)22-20(24)14-23(4)13-17-11-10-15(2)12-16(17)3/h6-12H,5,13-14H2,1-4H3,(H,22,24). The molecule has 26 heavy (non-hydrogen) atoms. The molecule has 0 heterocycles. The average molecular weight is 354 g/mol. The molecule has 2 rings (SSSR count). The number of likely N-dealkylation sites (N-methyl/N-ethyl adjacent to an activating group) is 1. The number of anilines is 1. The Labute approximate surface area is 155 Å². The van der Waals surface area contributed by atoms with Crippen LogP contribution in [-0.4, -0.2) is 37.0 Å². The molecular weight excluding hydrogens is 328 g/mol. The van der Waals surface area contributed by atoms with Crippen LogP contribution in [-0.2, 0) is 16.1 Å². The van der Waals surface area contributed by atoms with E-state index in [4.69, 9.17) is 4.74 Å². The van der Waals surface area contributed by atoms with Crippen molar-refractivity contribution in [3.63, 3.8) is 0 Å². The van der Waals surface area contributed by atoms with E-state index < -0.39 is 5.97 Å². The summed E-state index contributed by atoms with van der Waals surface area (Å²) in [6, 6.07) is 13.2. The molecule has 0 unspecified atom stereocenters. The molecule has 0 atom stereocenters. The summed E-state index contributed by atoms with van der Waals surface area (Å²) in [6.07, 6.45) is 0. The predicted octanol–water partition coefficient (Wildman–Crippen LogP) is 3.55. The van der Waals surface area contributed by atoms with Crippen LogP contribution in [0.5, 0.6) is 0 Å². The third-order valence-electron chi connectivity index (χ3n) is 4.05. The normalized spacial score (nSPS) is 10.7. The van der Waals surface area contributed by atoms with Crippen LogP contribution in [0.3, 0.4) is 0 Å². The second kappa shape index (κ2) is 9.15. The van der Waals surface area contributed by atoms with Gasteiger partial charge in [0.15, 0.2) is 0 Å². The lowest BCUT2D eigenvalue weighted by Crippen LogP contribution is -2.30. The van der Waals surface area contributed by atoms with Crippen molar-refractivity contribution < 1.29 is 14.3 Å². The lowest BCUT2D eigenvalue weighted by molar-refractivity contribution is -0.117. The molecule has 5 heteroatoms. The highest BCUT2D eigenvalue weighted by Crippen LogP contribution is 2.17. The maximum absolute atomic E-state index is 12.4. The van der Waals surface area contributed by atoms with Crippen molar-refractivity contribution in [1.29, 1.82) is 0 Å². The van der Waals surface area contributed by atoms with Gasteiger partial charge in [0.05, 0.1) is 24.4 Å². The van der Waals surface area contributed by atoms with Crippen LogP contribution >= 0.6 is 0 Å². The molecular formula is C21H26N2O3. The van der Waals surface area contributed by atoms with Crippen LogP contribution in [0.15, 0.2) is 42.5 Å². The molecule has 5 nitrogen and oxygen atoms in total. The van der Waals surface area contributed by atoms with Gasteiger partial charge in [-0.15, -0.1) is 0 Å². The number of hydrogen-bond acceptors (Lipinski definition) is 4. The molecule has 1 N–H and O–H groups in total. The van der Waals surface area contributed by atoms with Gasteiger partial charge in [-0.25, -0.2) is 4.79 Å². The minimum absolute atomic E-state index is 0.172. The molecule has 0 aliphatic rings. The molecule has 0 aromatic heterocycles. The van der Waals surface area contributed by atoms with Crippen molar-refractivity contribution in [2.24, 2.45) is 0 Å². The summed E-state index contributed by atoms with van der Waals surface area (Å²) < 4.78 is 5.03. The molecule has 0 saturated heterocycles. The van der Waals surface area contributed by atoms with Gasteiger partial charge in [0, 0.05) is 6.54 Å². The molecule has 0 saturated carbocycles. The molecule has 2 aromatic carbocycles. The number of amides is 1. The first-order valence-corrected chi connectivity index (χ1v) is 8.71. The van der Waals surface area contributed by atoms with E-state index >= 15 is 0 Å². The Morgan fingerprint density at radius 3 is 2.54 bits per heavy atom. The third-order valence-corrected chi connectivity index (χ3v) is 4.05. The maximum atomic E-state index is 12.4. The quantitative estimate of drug-likeness (QED) is 0.773. The van der Waals surface area contributed by atoms with Crippen LogP contribution < -0.4 is 5.32 Å². The SMILES string of the molecule is CCOC(=O)c1ccccc1NC(=O)CN(C)Cc1ccc(C)cc1C.